The van der Waals surface area contributed by atoms with Crippen molar-refractivity contribution in [3.63, 3.8) is 0 Å². The number of anilines is 1. The second-order valence-corrected chi connectivity index (χ2v) is 6.14. The molecule has 1 saturated carbocycles. The van der Waals surface area contributed by atoms with E-state index in [0.29, 0.717) is 12.1 Å². The Morgan fingerprint density at radius 2 is 2.05 bits per heavy atom. The summed E-state index contributed by atoms with van der Waals surface area (Å²) in [5, 5.41) is 6.66. The van der Waals surface area contributed by atoms with Crippen LogP contribution in [0.2, 0.25) is 0 Å². The summed E-state index contributed by atoms with van der Waals surface area (Å²) in [4.78, 5) is 12.3. The van der Waals surface area contributed by atoms with Gasteiger partial charge >= 0.3 is 0 Å². The van der Waals surface area contributed by atoms with Gasteiger partial charge in [-0.15, -0.1) is 11.3 Å². The molecule has 0 unspecified atom stereocenters. The molecule has 0 amide bonds. The first kappa shape index (κ1) is 12.8. The van der Waals surface area contributed by atoms with E-state index in [1.807, 2.05) is 0 Å². The summed E-state index contributed by atoms with van der Waals surface area (Å²) in [5.41, 5.74) is 0. The van der Waals surface area contributed by atoms with Gasteiger partial charge in [0.05, 0.1) is 5.39 Å². The van der Waals surface area contributed by atoms with Crippen LogP contribution in [0.4, 0.5) is 5.82 Å². The van der Waals surface area contributed by atoms with E-state index in [2.05, 4.69) is 45.7 Å². The molecule has 2 aromatic heterocycles. The van der Waals surface area contributed by atoms with E-state index in [-0.39, 0.29) is 0 Å². The highest BCUT2D eigenvalue weighted by molar-refractivity contribution is 7.16. The van der Waals surface area contributed by atoms with Crippen molar-refractivity contribution in [1.29, 1.82) is 0 Å². The van der Waals surface area contributed by atoms with Gasteiger partial charge in [-0.25, -0.2) is 9.97 Å². The fourth-order valence-corrected chi connectivity index (χ4v) is 3.71. The molecule has 2 heterocycles. The lowest BCUT2D eigenvalue weighted by molar-refractivity contribution is 0.351. The Hall–Kier alpha value is -1.20. The smallest absolute Gasteiger partial charge is 0.140 e. The van der Waals surface area contributed by atoms with Crippen molar-refractivity contribution in [3.8, 4) is 0 Å². The van der Waals surface area contributed by atoms with Crippen molar-refractivity contribution in [1.82, 2.24) is 15.3 Å². The molecule has 0 aromatic carbocycles. The molecule has 0 saturated heterocycles. The second-order valence-electron chi connectivity index (χ2n) is 5.24. The molecular weight excluding hydrogens is 256 g/mol. The van der Waals surface area contributed by atoms with Crippen LogP contribution >= 0.6 is 11.3 Å². The predicted octanol–water partition coefficient (Wildman–Crippen LogP) is 2.66. The molecule has 102 valence electrons. The van der Waals surface area contributed by atoms with E-state index in [4.69, 9.17) is 0 Å². The lowest BCUT2D eigenvalue weighted by atomic mass is 9.90. The molecular formula is C14H20N4S. The van der Waals surface area contributed by atoms with Crippen LogP contribution in [0.15, 0.2) is 17.8 Å². The van der Waals surface area contributed by atoms with Crippen molar-refractivity contribution in [2.75, 3.05) is 19.0 Å². The minimum atomic E-state index is 0.600. The zero-order valence-electron chi connectivity index (χ0n) is 11.5. The Bertz CT molecular complexity index is 545. The van der Waals surface area contributed by atoms with Gasteiger partial charge in [0.25, 0.3) is 0 Å². The number of nitrogens with one attached hydrogen (secondary N) is 1. The Labute approximate surface area is 117 Å². The van der Waals surface area contributed by atoms with E-state index >= 15 is 0 Å². The fraction of sp³-hybridized carbons (Fsp3) is 0.571. The first-order chi connectivity index (χ1) is 9.29. The molecule has 1 fully saturated rings. The van der Waals surface area contributed by atoms with Crippen LogP contribution < -0.4 is 10.2 Å². The molecule has 19 heavy (non-hydrogen) atoms. The monoisotopic (exact) mass is 276 g/mol. The minimum absolute atomic E-state index is 0.600. The first-order valence-corrected chi connectivity index (χ1v) is 7.76. The lowest BCUT2D eigenvalue weighted by Crippen LogP contribution is -2.40. The predicted molar refractivity (Wildman–Crippen MR) is 80.9 cm³/mol. The summed E-state index contributed by atoms with van der Waals surface area (Å²) in [6, 6.07) is 3.42. The molecule has 1 aliphatic rings. The van der Waals surface area contributed by atoms with Crippen molar-refractivity contribution >= 4 is 27.4 Å². The molecule has 3 rings (SSSR count). The van der Waals surface area contributed by atoms with E-state index in [9.17, 15) is 0 Å². The molecule has 4 nitrogen and oxygen atoms in total. The van der Waals surface area contributed by atoms with Crippen molar-refractivity contribution in [2.45, 2.75) is 37.8 Å². The Kier molecular flexibility index (Phi) is 3.66. The summed E-state index contributed by atoms with van der Waals surface area (Å²) in [7, 11) is 4.23. The molecule has 0 atom stereocenters. The summed E-state index contributed by atoms with van der Waals surface area (Å²) in [5.74, 6) is 1.08. The summed E-state index contributed by atoms with van der Waals surface area (Å²) >= 11 is 1.68. The molecule has 0 radical (unpaired) electrons. The average molecular weight is 276 g/mol. The molecule has 1 N–H and O–H groups in total. The number of fused-ring (bicyclic) bond motifs is 1. The van der Waals surface area contributed by atoms with Crippen LogP contribution in [0.3, 0.4) is 0 Å². The summed E-state index contributed by atoms with van der Waals surface area (Å²) in [6.07, 6.45) is 6.66. The molecule has 0 spiro atoms. The first-order valence-electron chi connectivity index (χ1n) is 6.88. The largest absolute Gasteiger partial charge is 0.356 e. The van der Waals surface area contributed by atoms with Crippen LogP contribution in [-0.4, -0.2) is 36.1 Å². The van der Waals surface area contributed by atoms with Crippen LogP contribution in [0.5, 0.6) is 0 Å². The third-order valence-corrected chi connectivity index (χ3v) is 5.05. The topological polar surface area (TPSA) is 41.0 Å². The maximum Gasteiger partial charge on any atom is 0.140 e. The van der Waals surface area contributed by atoms with Crippen LogP contribution in [0, 0.1) is 0 Å². The van der Waals surface area contributed by atoms with Gasteiger partial charge in [0.1, 0.15) is 17.0 Å². The zero-order chi connectivity index (χ0) is 13.2. The second kappa shape index (κ2) is 5.43. The number of nitrogens with zero attached hydrogens (tertiary/aromatic N) is 3. The molecule has 5 heteroatoms. The third kappa shape index (κ3) is 2.44. The van der Waals surface area contributed by atoms with E-state index < -0.39 is 0 Å². The van der Waals surface area contributed by atoms with Crippen molar-refractivity contribution in [2.24, 2.45) is 0 Å². The maximum absolute atomic E-state index is 4.50. The van der Waals surface area contributed by atoms with Crippen LogP contribution in [-0.2, 0) is 0 Å². The van der Waals surface area contributed by atoms with Crippen LogP contribution in [0.25, 0.3) is 10.2 Å². The van der Waals surface area contributed by atoms with Gasteiger partial charge in [-0.1, -0.05) is 0 Å². The van der Waals surface area contributed by atoms with Gasteiger partial charge in [0.15, 0.2) is 0 Å². The molecule has 1 aliphatic carbocycles. The van der Waals surface area contributed by atoms with Gasteiger partial charge in [-0.3, -0.25) is 0 Å². The third-order valence-electron chi connectivity index (χ3n) is 4.23. The van der Waals surface area contributed by atoms with E-state index in [1.54, 1.807) is 17.7 Å². The Morgan fingerprint density at radius 1 is 1.26 bits per heavy atom. The lowest BCUT2D eigenvalue weighted by Gasteiger charge is -2.35. The van der Waals surface area contributed by atoms with Gasteiger partial charge < -0.3 is 10.2 Å². The summed E-state index contributed by atoms with van der Waals surface area (Å²) < 4.78 is 0. The standard InChI is InChI=1S/C14H20N4S/c1-15-10-3-5-11(6-4-10)18(2)13-12-7-8-19-14(12)17-9-16-13/h7-11,15H,3-6H2,1-2H3. The fourth-order valence-electron chi connectivity index (χ4n) is 2.98. The summed E-state index contributed by atoms with van der Waals surface area (Å²) in [6.45, 7) is 0. The van der Waals surface area contributed by atoms with Gasteiger partial charge in [-0.05, 0) is 44.2 Å². The van der Waals surface area contributed by atoms with Gasteiger partial charge in [-0.2, -0.15) is 0 Å². The van der Waals surface area contributed by atoms with Crippen molar-refractivity contribution in [3.05, 3.63) is 17.8 Å². The maximum atomic E-state index is 4.50. The number of hydrogen-bond acceptors (Lipinski definition) is 5. The van der Waals surface area contributed by atoms with Crippen LogP contribution in [0.1, 0.15) is 25.7 Å². The number of rotatable bonds is 3. The highest BCUT2D eigenvalue weighted by atomic mass is 32.1. The zero-order valence-corrected chi connectivity index (χ0v) is 12.3. The minimum Gasteiger partial charge on any atom is -0.356 e. The Morgan fingerprint density at radius 3 is 2.79 bits per heavy atom. The average Bonchev–Trinajstić information content (AvgIpc) is 2.95. The van der Waals surface area contributed by atoms with Gasteiger partial charge in [0.2, 0.25) is 0 Å². The molecule has 2 aromatic rings. The quantitative estimate of drug-likeness (QED) is 0.935. The highest BCUT2D eigenvalue weighted by Gasteiger charge is 2.24. The SMILES string of the molecule is CNC1CCC(N(C)c2ncnc3sccc23)CC1. The number of aromatic nitrogens is 2. The molecule has 0 aliphatic heterocycles. The highest BCUT2D eigenvalue weighted by Crippen LogP contribution is 2.30. The Balaban J connectivity index is 1.80. The number of hydrogen-bond donors (Lipinski definition) is 1. The number of thiophene rings is 1. The van der Waals surface area contributed by atoms with Gasteiger partial charge in [0, 0.05) is 19.1 Å². The molecule has 0 bridgehead atoms. The van der Waals surface area contributed by atoms with Crippen molar-refractivity contribution < 1.29 is 0 Å². The normalized spacial score (nSPS) is 23.7. The van der Waals surface area contributed by atoms with E-state index in [1.165, 1.54) is 31.1 Å². The van der Waals surface area contributed by atoms with E-state index in [0.717, 1.165) is 10.6 Å².